The summed E-state index contributed by atoms with van der Waals surface area (Å²) in [5.74, 6) is -1.03. The number of carbonyl (C=O) groups is 2. The third-order valence-electron chi connectivity index (χ3n) is 4.33. The molecule has 144 valence electrons. The Morgan fingerprint density at radius 2 is 2.15 bits per heavy atom. The number of aromatic nitrogens is 2. The second-order valence-corrected chi connectivity index (χ2v) is 6.77. The lowest BCUT2D eigenvalue weighted by Gasteiger charge is -2.11. The molecule has 0 bridgehead atoms. The zero-order valence-electron chi connectivity index (χ0n) is 15.1. The smallest absolute Gasteiger partial charge is 0.343 e. The molecule has 27 heavy (non-hydrogen) atoms. The number of ether oxygens (including phenoxy) is 2. The normalized spacial score (nSPS) is 16.3. The van der Waals surface area contributed by atoms with Crippen LogP contribution in [0.15, 0.2) is 30.3 Å². The maximum Gasteiger partial charge on any atom is 0.343 e. The number of hydrogen-bond donors (Lipinski definition) is 1. The van der Waals surface area contributed by atoms with Crippen molar-refractivity contribution in [3.8, 4) is 0 Å². The van der Waals surface area contributed by atoms with Gasteiger partial charge in [-0.2, -0.15) is 5.10 Å². The van der Waals surface area contributed by atoms with Crippen LogP contribution in [0.3, 0.4) is 0 Å². The number of nitrogens with one attached hydrogen (secondary N) is 1. The lowest BCUT2D eigenvalue weighted by atomic mass is 10.2. The highest BCUT2D eigenvalue weighted by Gasteiger charge is 2.23. The van der Waals surface area contributed by atoms with Crippen molar-refractivity contribution in [3.63, 3.8) is 0 Å². The van der Waals surface area contributed by atoms with Crippen LogP contribution in [0, 0.1) is 6.92 Å². The Bertz CT molecular complexity index is 801. The predicted molar refractivity (Wildman–Crippen MR) is 99.8 cm³/mol. The highest BCUT2D eigenvalue weighted by molar-refractivity contribution is 6.32. The predicted octanol–water partition coefficient (Wildman–Crippen LogP) is 2.35. The lowest BCUT2D eigenvalue weighted by molar-refractivity contribution is -0.124. The molecule has 0 radical (unpaired) electrons. The minimum atomic E-state index is -0.663. The van der Waals surface area contributed by atoms with Gasteiger partial charge in [0, 0.05) is 13.2 Å². The molecule has 1 fully saturated rings. The molecule has 0 spiro atoms. The number of amides is 1. The minimum Gasteiger partial charge on any atom is -0.452 e. The number of esters is 1. The highest BCUT2D eigenvalue weighted by atomic mass is 35.5. The third-order valence-corrected chi connectivity index (χ3v) is 4.71. The van der Waals surface area contributed by atoms with Crippen LogP contribution in [-0.4, -0.2) is 47.5 Å². The van der Waals surface area contributed by atoms with E-state index in [4.69, 9.17) is 21.1 Å². The summed E-state index contributed by atoms with van der Waals surface area (Å²) in [6, 6.07) is 9.66. The molecule has 1 aliphatic rings. The van der Waals surface area contributed by atoms with Gasteiger partial charge in [-0.05, 0) is 25.3 Å². The Kier molecular flexibility index (Phi) is 6.47. The van der Waals surface area contributed by atoms with Gasteiger partial charge < -0.3 is 14.8 Å². The average Bonchev–Trinajstić information content (AvgIpc) is 3.27. The molecule has 0 aliphatic carbocycles. The van der Waals surface area contributed by atoms with Crippen LogP contribution < -0.4 is 5.32 Å². The maximum atomic E-state index is 12.4. The van der Waals surface area contributed by atoms with Gasteiger partial charge in [0.05, 0.1) is 18.3 Å². The Labute approximate surface area is 162 Å². The Morgan fingerprint density at radius 3 is 2.85 bits per heavy atom. The van der Waals surface area contributed by atoms with Crippen LogP contribution in [-0.2, 0) is 20.8 Å². The van der Waals surface area contributed by atoms with Gasteiger partial charge in [0.25, 0.3) is 5.91 Å². The summed E-state index contributed by atoms with van der Waals surface area (Å²) < 4.78 is 12.1. The van der Waals surface area contributed by atoms with Gasteiger partial charge in [0.1, 0.15) is 10.7 Å². The van der Waals surface area contributed by atoms with E-state index in [1.807, 2.05) is 30.3 Å². The molecule has 1 atom stereocenters. The average molecular weight is 392 g/mol. The molecule has 2 aromatic rings. The summed E-state index contributed by atoms with van der Waals surface area (Å²) in [5, 5.41) is 7.21. The summed E-state index contributed by atoms with van der Waals surface area (Å²) >= 11 is 6.32. The highest BCUT2D eigenvalue weighted by Crippen LogP contribution is 2.22. The van der Waals surface area contributed by atoms with Crippen molar-refractivity contribution in [1.29, 1.82) is 0 Å². The first-order valence-corrected chi connectivity index (χ1v) is 9.24. The first-order valence-electron chi connectivity index (χ1n) is 8.87. The molecule has 1 aromatic carbocycles. The summed E-state index contributed by atoms with van der Waals surface area (Å²) in [7, 11) is 0. The van der Waals surface area contributed by atoms with Crippen molar-refractivity contribution in [2.24, 2.45) is 0 Å². The summed E-state index contributed by atoms with van der Waals surface area (Å²) in [6.07, 6.45) is 1.97. The SMILES string of the molecule is Cc1nn(Cc2ccccc2)c(Cl)c1C(=O)OCC(=O)NC[C@@H]1CCCO1. The Morgan fingerprint density at radius 1 is 1.37 bits per heavy atom. The van der Waals surface area contributed by atoms with Gasteiger partial charge in [-0.25, -0.2) is 9.48 Å². The number of aryl methyl sites for hydroxylation is 1. The molecule has 3 rings (SSSR count). The molecular formula is C19H22ClN3O4. The van der Waals surface area contributed by atoms with E-state index in [-0.39, 0.29) is 29.3 Å². The standard InChI is InChI=1S/C19H22ClN3O4/c1-13-17(18(20)23(22-13)11-14-6-3-2-4-7-14)19(25)27-12-16(24)21-10-15-8-5-9-26-15/h2-4,6-7,15H,5,8-12H2,1H3,(H,21,24)/t15-/m0/s1. The van der Waals surface area contributed by atoms with Crippen molar-refractivity contribution < 1.29 is 19.1 Å². The summed E-state index contributed by atoms with van der Waals surface area (Å²) in [5.41, 5.74) is 1.65. The quantitative estimate of drug-likeness (QED) is 0.732. The van der Waals surface area contributed by atoms with Crippen LogP contribution in [0.1, 0.15) is 34.5 Å². The van der Waals surface area contributed by atoms with E-state index < -0.39 is 5.97 Å². The first kappa shape index (κ1) is 19.4. The molecule has 1 N–H and O–H groups in total. The lowest BCUT2D eigenvalue weighted by Crippen LogP contribution is -2.34. The van der Waals surface area contributed by atoms with Crippen LogP contribution >= 0.6 is 11.6 Å². The third kappa shape index (κ3) is 5.08. The fourth-order valence-corrected chi connectivity index (χ4v) is 3.25. The second kappa shape index (κ2) is 9.01. The van der Waals surface area contributed by atoms with Gasteiger partial charge >= 0.3 is 5.97 Å². The van der Waals surface area contributed by atoms with Crippen LogP contribution in [0.4, 0.5) is 0 Å². The van der Waals surface area contributed by atoms with Gasteiger partial charge in [0.2, 0.25) is 0 Å². The van der Waals surface area contributed by atoms with Crippen LogP contribution in [0.25, 0.3) is 0 Å². The molecule has 1 saturated heterocycles. The van der Waals surface area contributed by atoms with E-state index in [0.717, 1.165) is 25.0 Å². The van der Waals surface area contributed by atoms with Crippen molar-refractivity contribution in [2.75, 3.05) is 19.8 Å². The molecule has 0 unspecified atom stereocenters. The number of halogens is 1. The first-order chi connectivity index (χ1) is 13.0. The summed E-state index contributed by atoms with van der Waals surface area (Å²) in [4.78, 5) is 24.2. The van der Waals surface area contributed by atoms with E-state index in [1.54, 1.807) is 11.6 Å². The van der Waals surface area contributed by atoms with E-state index in [9.17, 15) is 9.59 Å². The largest absolute Gasteiger partial charge is 0.452 e. The number of hydrogen-bond acceptors (Lipinski definition) is 5. The van der Waals surface area contributed by atoms with E-state index in [0.29, 0.717) is 18.8 Å². The van der Waals surface area contributed by atoms with Crippen LogP contribution in [0.2, 0.25) is 5.15 Å². The Hall–Kier alpha value is -2.38. The van der Waals surface area contributed by atoms with Gasteiger partial charge in [-0.3, -0.25) is 4.79 Å². The van der Waals surface area contributed by atoms with Crippen molar-refractivity contribution in [1.82, 2.24) is 15.1 Å². The zero-order chi connectivity index (χ0) is 19.2. The number of carbonyl (C=O) groups excluding carboxylic acids is 2. The zero-order valence-corrected chi connectivity index (χ0v) is 15.9. The maximum absolute atomic E-state index is 12.4. The fraction of sp³-hybridized carbons (Fsp3) is 0.421. The monoisotopic (exact) mass is 391 g/mol. The number of rotatable bonds is 7. The van der Waals surface area contributed by atoms with Gasteiger partial charge in [0.15, 0.2) is 6.61 Å². The molecule has 7 nitrogen and oxygen atoms in total. The van der Waals surface area contributed by atoms with E-state index in [2.05, 4.69) is 10.4 Å². The van der Waals surface area contributed by atoms with Crippen molar-refractivity contribution in [2.45, 2.75) is 32.4 Å². The molecule has 8 heteroatoms. The Balaban J connectivity index is 1.55. The van der Waals surface area contributed by atoms with Crippen LogP contribution in [0.5, 0.6) is 0 Å². The van der Waals surface area contributed by atoms with E-state index >= 15 is 0 Å². The molecule has 1 aromatic heterocycles. The molecular weight excluding hydrogens is 370 g/mol. The van der Waals surface area contributed by atoms with Gasteiger partial charge in [-0.15, -0.1) is 0 Å². The van der Waals surface area contributed by atoms with Gasteiger partial charge in [-0.1, -0.05) is 41.9 Å². The fourth-order valence-electron chi connectivity index (χ4n) is 2.93. The number of nitrogens with zero attached hydrogens (tertiary/aromatic N) is 2. The summed E-state index contributed by atoms with van der Waals surface area (Å²) in [6.45, 7) is 2.90. The van der Waals surface area contributed by atoms with E-state index in [1.165, 1.54) is 0 Å². The molecule has 2 heterocycles. The number of benzene rings is 1. The minimum absolute atomic E-state index is 0.0394. The topological polar surface area (TPSA) is 82.5 Å². The molecule has 0 saturated carbocycles. The second-order valence-electron chi connectivity index (χ2n) is 6.41. The molecule has 1 amide bonds. The van der Waals surface area contributed by atoms with Crippen molar-refractivity contribution >= 4 is 23.5 Å². The van der Waals surface area contributed by atoms with Crippen molar-refractivity contribution in [3.05, 3.63) is 52.3 Å². The molecule has 1 aliphatic heterocycles.